The molecule has 0 radical (unpaired) electrons. The third-order valence-corrected chi connectivity index (χ3v) is 3.48. The average molecular weight is 256 g/mol. The Bertz CT molecular complexity index is 315. The molecule has 0 bridgehead atoms. The largest absolute Gasteiger partial charge is 0.480 e. The minimum atomic E-state index is -0.973. The highest BCUT2D eigenvalue weighted by molar-refractivity contribution is 5.82. The Morgan fingerprint density at radius 1 is 1.44 bits per heavy atom. The molecule has 0 aliphatic heterocycles. The van der Waals surface area contributed by atoms with Gasteiger partial charge in [-0.1, -0.05) is 27.2 Å². The van der Waals surface area contributed by atoms with Gasteiger partial charge in [-0.25, -0.2) is 9.59 Å². The zero-order valence-electron chi connectivity index (χ0n) is 11.5. The van der Waals surface area contributed by atoms with E-state index in [0.29, 0.717) is 6.42 Å². The van der Waals surface area contributed by atoms with Crippen LogP contribution in [0.5, 0.6) is 0 Å². The van der Waals surface area contributed by atoms with Crippen LogP contribution in [0.15, 0.2) is 0 Å². The second-order valence-corrected chi connectivity index (χ2v) is 5.90. The number of amides is 2. The van der Waals surface area contributed by atoms with Gasteiger partial charge in [-0.2, -0.15) is 0 Å². The fourth-order valence-corrected chi connectivity index (χ4v) is 2.49. The van der Waals surface area contributed by atoms with Crippen molar-refractivity contribution in [2.45, 2.75) is 65.0 Å². The van der Waals surface area contributed by atoms with E-state index in [0.717, 1.165) is 25.7 Å². The van der Waals surface area contributed by atoms with Crippen molar-refractivity contribution >= 4 is 12.0 Å². The number of carboxylic acid groups (broad SMARTS) is 1. The Balaban J connectivity index is 2.39. The van der Waals surface area contributed by atoms with Gasteiger partial charge < -0.3 is 15.7 Å². The second-order valence-electron chi connectivity index (χ2n) is 5.90. The molecule has 1 saturated carbocycles. The first-order chi connectivity index (χ1) is 8.34. The summed E-state index contributed by atoms with van der Waals surface area (Å²) >= 11 is 0. The van der Waals surface area contributed by atoms with Gasteiger partial charge in [0.05, 0.1) is 0 Å². The summed E-state index contributed by atoms with van der Waals surface area (Å²) in [7, 11) is 0. The van der Waals surface area contributed by atoms with Crippen LogP contribution < -0.4 is 10.6 Å². The van der Waals surface area contributed by atoms with Gasteiger partial charge >= 0.3 is 12.0 Å². The minimum absolute atomic E-state index is 0.163. The van der Waals surface area contributed by atoms with Crippen molar-refractivity contribution in [3.63, 3.8) is 0 Å². The molecule has 0 aromatic heterocycles. The van der Waals surface area contributed by atoms with Crippen molar-refractivity contribution in [3.05, 3.63) is 0 Å². The zero-order chi connectivity index (χ0) is 13.8. The maximum absolute atomic E-state index is 11.7. The first-order valence-electron chi connectivity index (χ1n) is 6.64. The summed E-state index contributed by atoms with van der Waals surface area (Å²) in [6.45, 7) is 6.27. The number of hydrogen-bond acceptors (Lipinski definition) is 2. The zero-order valence-corrected chi connectivity index (χ0v) is 11.5. The quantitative estimate of drug-likeness (QED) is 0.705. The first-order valence-corrected chi connectivity index (χ1v) is 6.64. The second kappa shape index (κ2) is 6.07. The van der Waals surface area contributed by atoms with Crippen molar-refractivity contribution in [3.8, 4) is 0 Å². The number of hydrogen-bond donors (Lipinski definition) is 3. The summed E-state index contributed by atoms with van der Waals surface area (Å²) in [5.41, 5.74) is 0.271. The van der Waals surface area contributed by atoms with E-state index < -0.39 is 12.0 Å². The molecule has 3 N–H and O–H groups in total. The molecule has 5 nitrogen and oxygen atoms in total. The molecule has 104 valence electrons. The van der Waals surface area contributed by atoms with Crippen LogP contribution in [-0.2, 0) is 4.79 Å². The standard InChI is InChI=1S/C13H24N2O3/c1-4-5-10(11(16)17)15-12(18)14-9-6-7-13(2,3)8-9/h9-10H,4-8H2,1-3H3,(H,16,17)(H2,14,15,18). The highest BCUT2D eigenvalue weighted by atomic mass is 16.4. The molecule has 2 unspecified atom stereocenters. The highest BCUT2D eigenvalue weighted by Crippen LogP contribution is 2.36. The molecule has 0 heterocycles. The van der Waals surface area contributed by atoms with E-state index in [2.05, 4.69) is 24.5 Å². The Morgan fingerprint density at radius 2 is 2.11 bits per heavy atom. The number of urea groups is 1. The summed E-state index contributed by atoms with van der Waals surface area (Å²) < 4.78 is 0. The van der Waals surface area contributed by atoms with Gasteiger partial charge in [0.25, 0.3) is 0 Å². The van der Waals surface area contributed by atoms with Crippen LogP contribution in [0.2, 0.25) is 0 Å². The lowest BCUT2D eigenvalue weighted by Gasteiger charge is -2.19. The molecular weight excluding hydrogens is 232 g/mol. The fraction of sp³-hybridized carbons (Fsp3) is 0.846. The van der Waals surface area contributed by atoms with Crippen LogP contribution in [0.25, 0.3) is 0 Å². The Kier molecular flexibility index (Phi) is 4.99. The lowest BCUT2D eigenvalue weighted by molar-refractivity contribution is -0.139. The molecule has 1 rings (SSSR count). The van der Waals surface area contributed by atoms with Crippen LogP contribution in [0.4, 0.5) is 4.79 Å². The SMILES string of the molecule is CCCC(NC(=O)NC1CCC(C)(C)C1)C(=O)O. The monoisotopic (exact) mass is 256 g/mol. The van der Waals surface area contributed by atoms with Crippen molar-refractivity contribution in [2.75, 3.05) is 0 Å². The van der Waals surface area contributed by atoms with E-state index in [9.17, 15) is 9.59 Å². The molecule has 2 amide bonds. The van der Waals surface area contributed by atoms with E-state index in [4.69, 9.17) is 5.11 Å². The van der Waals surface area contributed by atoms with Crippen LogP contribution in [0.1, 0.15) is 52.9 Å². The van der Waals surface area contributed by atoms with Gasteiger partial charge in [0.2, 0.25) is 0 Å². The van der Waals surface area contributed by atoms with Crippen molar-refractivity contribution in [1.82, 2.24) is 10.6 Å². The van der Waals surface area contributed by atoms with Crippen LogP contribution in [0.3, 0.4) is 0 Å². The number of nitrogens with one attached hydrogen (secondary N) is 2. The third-order valence-electron chi connectivity index (χ3n) is 3.48. The summed E-state index contributed by atoms with van der Waals surface area (Å²) in [5, 5.41) is 14.3. The van der Waals surface area contributed by atoms with Crippen molar-refractivity contribution < 1.29 is 14.7 Å². The van der Waals surface area contributed by atoms with Gasteiger partial charge in [0.1, 0.15) is 6.04 Å². The molecule has 2 atom stereocenters. The third kappa shape index (κ3) is 4.55. The van der Waals surface area contributed by atoms with Crippen LogP contribution in [-0.4, -0.2) is 29.2 Å². The summed E-state index contributed by atoms with van der Waals surface area (Å²) in [5.74, 6) is -0.973. The van der Waals surface area contributed by atoms with Crippen LogP contribution in [0, 0.1) is 5.41 Å². The summed E-state index contributed by atoms with van der Waals surface area (Å²) in [6, 6.07) is -0.987. The summed E-state index contributed by atoms with van der Waals surface area (Å²) in [4.78, 5) is 22.6. The van der Waals surface area contributed by atoms with Crippen molar-refractivity contribution in [2.24, 2.45) is 5.41 Å². The molecule has 0 spiro atoms. The van der Waals surface area contributed by atoms with Gasteiger partial charge in [0, 0.05) is 6.04 Å². The molecule has 0 aromatic carbocycles. The number of rotatable bonds is 5. The summed E-state index contributed by atoms with van der Waals surface area (Å²) in [6.07, 6.45) is 4.19. The molecule has 1 aliphatic carbocycles. The maximum atomic E-state index is 11.7. The van der Waals surface area contributed by atoms with Gasteiger partial charge in [-0.3, -0.25) is 0 Å². The molecule has 18 heavy (non-hydrogen) atoms. The topological polar surface area (TPSA) is 78.4 Å². The molecule has 1 fully saturated rings. The minimum Gasteiger partial charge on any atom is -0.480 e. The first kappa shape index (κ1) is 14.8. The van der Waals surface area contributed by atoms with E-state index in [1.807, 2.05) is 6.92 Å². The fourth-order valence-electron chi connectivity index (χ4n) is 2.49. The predicted octanol–water partition coefficient (Wildman–Crippen LogP) is 2.12. The van der Waals surface area contributed by atoms with Gasteiger partial charge in [0.15, 0.2) is 0 Å². The van der Waals surface area contributed by atoms with Crippen molar-refractivity contribution in [1.29, 1.82) is 0 Å². The van der Waals surface area contributed by atoms with Gasteiger partial charge in [-0.05, 0) is 31.1 Å². The molecule has 1 aliphatic rings. The maximum Gasteiger partial charge on any atom is 0.326 e. The molecular formula is C13H24N2O3. The number of carbonyl (C=O) groups is 2. The number of carboxylic acids is 1. The van der Waals surface area contributed by atoms with E-state index in [-0.39, 0.29) is 17.5 Å². The number of carbonyl (C=O) groups excluding carboxylic acids is 1. The Morgan fingerprint density at radius 3 is 2.56 bits per heavy atom. The van der Waals surface area contributed by atoms with E-state index in [1.165, 1.54) is 0 Å². The smallest absolute Gasteiger partial charge is 0.326 e. The highest BCUT2D eigenvalue weighted by Gasteiger charge is 2.32. The lowest BCUT2D eigenvalue weighted by Crippen LogP contribution is -2.48. The lowest BCUT2D eigenvalue weighted by atomic mass is 9.92. The Hall–Kier alpha value is -1.26. The normalized spacial score (nSPS) is 23.4. The van der Waals surface area contributed by atoms with E-state index >= 15 is 0 Å². The van der Waals surface area contributed by atoms with E-state index in [1.54, 1.807) is 0 Å². The Labute approximate surface area is 108 Å². The van der Waals surface area contributed by atoms with Gasteiger partial charge in [-0.15, -0.1) is 0 Å². The number of aliphatic carboxylic acids is 1. The predicted molar refractivity (Wildman–Crippen MR) is 69.4 cm³/mol. The van der Waals surface area contributed by atoms with Crippen LogP contribution >= 0.6 is 0 Å². The molecule has 0 saturated heterocycles. The average Bonchev–Trinajstić information content (AvgIpc) is 2.57. The molecule has 0 aromatic rings. The molecule has 5 heteroatoms.